The zero-order valence-corrected chi connectivity index (χ0v) is 18.6. The number of hydrogen-bond acceptors (Lipinski definition) is 2. The molecule has 2 aromatic carbocycles. The minimum atomic E-state index is -0.455. The number of benzene rings is 2. The Balaban J connectivity index is 2.26. The third-order valence-electron chi connectivity index (χ3n) is 3.21. The van der Waals surface area contributed by atoms with Crippen LogP contribution in [0.5, 0.6) is 0 Å². The Kier molecular flexibility index (Phi) is 5.00. The van der Waals surface area contributed by atoms with Crippen molar-refractivity contribution in [3.05, 3.63) is 57.3 Å². The number of rotatable bonds is 1. The third-order valence-corrected chi connectivity index (χ3v) is 8.41. The molecule has 0 atom stereocenters. The number of halogens is 6. The molecule has 1 aliphatic heterocycles. The fourth-order valence-electron chi connectivity index (χ4n) is 2.25. The van der Waals surface area contributed by atoms with Crippen LogP contribution in [0.2, 0.25) is 10.0 Å². The van der Waals surface area contributed by atoms with Crippen LogP contribution in [0.15, 0.2) is 36.1 Å². The quantitative estimate of drug-likeness (QED) is 0.202. The summed E-state index contributed by atoms with van der Waals surface area (Å²) < 4.78 is 2.26. The van der Waals surface area contributed by atoms with Crippen molar-refractivity contribution in [1.82, 2.24) is 0 Å². The fourth-order valence-corrected chi connectivity index (χ4v) is 5.22. The number of amides is 2. The average Bonchev–Trinajstić information content (AvgIpc) is 2.73. The lowest BCUT2D eigenvalue weighted by molar-refractivity contribution is 0.0926. The predicted molar refractivity (Wildman–Crippen MR) is 105 cm³/mol. The molecule has 1 aliphatic rings. The van der Waals surface area contributed by atoms with Gasteiger partial charge in [-0.15, -0.1) is 0 Å². The van der Waals surface area contributed by atoms with Gasteiger partial charge < -0.3 is 0 Å². The number of carbonyl (C=O) groups is 2. The van der Waals surface area contributed by atoms with Gasteiger partial charge in [0.15, 0.2) is 0 Å². The summed E-state index contributed by atoms with van der Waals surface area (Å²) in [5.41, 5.74) is 0.862. The molecule has 1 heterocycles. The van der Waals surface area contributed by atoms with Gasteiger partial charge in [-0.1, -0.05) is 23.2 Å². The Morgan fingerprint density at radius 3 is 1.48 bits per heavy atom. The number of nitrogens with zero attached hydrogens (tertiary/aromatic N) is 1. The van der Waals surface area contributed by atoms with Crippen LogP contribution >= 0.6 is 86.9 Å². The van der Waals surface area contributed by atoms with E-state index in [1.807, 2.05) is 0 Å². The van der Waals surface area contributed by atoms with E-state index < -0.39 is 11.8 Å². The SMILES string of the molecule is O=C1c2c(Br)c(Br)c(Br)c(Br)c2C(=O)N1c1cc(Cl)cc(Cl)c1. The molecule has 0 aliphatic carbocycles. The van der Waals surface area contributed by atoms with E-state index in [4.69, 9.17) is 23.2 Å². The van der Waals surface area contributed by atoms with Crippen molar-refractivity contribution in [3.63, 3.8) is 0 Å². The lowest BCUT2D eigenvalue weighted by Crippen LogP contribution is -2.29. The van der Waals surface area contributed by atoms with Crippen molar-refractivity contribution in [3.8, 4) is 0 Å². The molecule has 0 saturated heterocycles. The van der Waals surface area contributed by atoms with E-state index in [9.17, 15) is 9.59 Å². The minimum absolute atomic E-state index is 0.271. The van der Waals surface area contributed by atoms with Crippen LogP contribution in [-0.4, -0.2) is 11.8 Å². The normalized spacial score (nSPS) is 13.7. The van der Waals surface area contributed by atoms with Crippen LogP contribution in [-0.2, 0) is 0 Å². The van der Waals surface area contributed by atoms with Crippen LogP contribution < -0.4 is 4.90 Å². The Bertz CT molecular complexity index is 834. The Morgan fingerprint density at radius 1 is 0.696 bits per heavy atom. The molecule has 0 radical (unpaired) electrons. The summed E-state index contributed by atoms with van der Waals surface area (Å²) in [6.07, 6.45) is 0. The summed E-state index contributed by atoms with van der Waals surface area (Å²) in [5, 5.41) is 0.675. The zero-order chi connectivity index (χ0) is 17.0. The van der Waals surface area contributed by atoms with E-state index in [0.717, 1.165) is 4.90 Å². The summed E-state index contributed by atoms with van der Waals surface area (Å²) >= 11 is 25.5. The van der Waals surface area contributed by atoms with E-state index in [2.05, 4.69) is 63.7 Å². The summed E-state index contributed by atoms with van der Waals surface area (Å²) in [5.74, 6) is -0.909. The van der Waals surface area contributed by atoms with E-state index >= 15 is 0 Å². The van der Waals surface area contributed by atoms with E-state index in [-0.39, 0.29) is 11.1 Å². The molecular weight excluding hydrogens is 605 g/mol. The maximum atomic E-state index is 12.8. The van der Waals surface area contributed by atoms with E-state index in [1.54, 1.807) is 0 Å². The van der Waals surface area contributed by atoms with Crippen molar-refractivity contribution in [2.75, 3.05) is 4.90 Å². The molecular formula is C14H3Br4Cl2NO2. The van der Waals surface area contributed by atoms with Crippen LogP contribution in [0.1, 0.15) is 20.7 Å². The third kappa shape index (κ3) is 2.83. The first-order valence-electron chi connectivity index (χ1n) is 5.95. The molecule has 0 aromatic heterocycles. The standard InChI is InChI=1S/C14H3Br4Cl2NO2/c15-9-7-8(10(16)12(18)11(9)17)14(23)21(13(7)22)6-2-4(19)1-5(20)3-6/h1-3H. The molecule has 0 N–H and O–H groups in total. The molecule has 0 bridgehead atoms. The van der Waals surface area contributed by atoms with Gasteiger partial charge in [-0.2, -0.15) is 0 Å². The molecule has 0 unspecified atom stereocenters. The van der Waals surface area contributed by atoms with Gasteiger partial charge in [0.25, 0.3) is 11.8 Å². The zero-order valence-electron chi connectivity index (χ0n) is 10.8. The maximum absolute atomic E-state index is 12.8. The second-order valence-corrected chi connectivity index (χ2v) is 8.62. The molecule has 2 amide bonds. The molecule has 0 spiro atoms. The highest BCUT2D eigenvalue weighted by molar-refractivity contribution is 9.15. The summed E-state index contributed by atoms with van der Waals surface area (Å²) in [6, 6.07) is 4.56. The Morgan fingerprint density at radius 2 is 1.09 bits per heavy atom. The first-order chi connectivity index (χ1) is 10.7. The van der Waals surface area contributed by atoms with Gasteiger partial charge in [0.05, 0.1) is 16.8 Å². The predicted octanol–water partition coefficient (Wildman–Crippen LogP) is 6.84. The molecule has 0 fully saturated rings. The minimum Gasteiger partial charge on any atom is -0.268 e. The van der Waals surface area contributed by atoms with Crippen molar-refractivity contribution in [2.24, 2.45) is 0 Å². The first kappa shape index (κ1) is 17.9. The fraction of sp³-hybridized carbons (Fsp3) is 0. The number of hydrogen-bond donors (Lipinski definition) is 0. The van der Waals surface area contributed by atoms with Gasteiger partial charge in [0.2, 0.25) is 0 Å². The lowest BCUT2D eigenvalue weighted by atomic mass is 10.1. The summed E-state index contributed by atoms with van der Waals surface area (Å²) in [6.45, 7) is 0. The highest BCUT2D eigenvalue weighted by Gasteiger charge is 2.42. The monoisotopic (exact) mass is 603 g/mol. The molecule has 3 nitrogen and oxygen atoms in total. The molecule has 2 aromatic rings. The molecule has 3 rings (SSSR count). The van der Waals surface area contributed by atoms with Crippen molar-refractivity contribution in [1.29, 1.82) is 0 Å². The second-order valence-electron chi connectivity index (χ2n) is 4.58. The number of anilines is 1. The summed E-state index contributed by atoms with van der Waals surface area (Å²) in [4.78, 5) is 26.6. The van der Waals surface area contributed by atoms with Crippen LogP contribution in [0.3, 0.4) is 0 Å². The van der Waals surface area contributed by atoms with E-state index in [0.29, 0.717) is 33.6 Å². The van der Waals surface area contributed by atoms with Gasteiger partial charge in [0.1, 0.15) is 0 Å². The van der Waals surface area contributed by atoms with Crippen LogP contribution in [0, 0.1) is 0 Å². The van der Waals surface area contributed by atoms with Crippen molar-refractivity contribution in [2.45, 2.75) is 0 Å². The van der Waals surface area contributed by atoms with Gasteiger partial charge in [-0.05, 0) is 81.9 Å². The second kappa shape index (κ2) is 6.42. The summed E-state index contributed by atoms with van der Waals surface area (Å²) in [7, 11) is 0. The molecule has 118 valence electrons. The maximum Gasteiger partial charge on any atom is 0.267 e. The highest BCUT2D eigenvalue weighted by atomic mass is 79.9. The average molecular weight is 608 g/mol. The highest BCUT2D eigenvalue weighted by Crippen LogP contribution is 2.46. The van der Waals surface area contributed by atoms with Crippen molar-refractivity contribution < 1.29 is 9.59 Å². The van der Waals surface area contributed by atoms with Crippen LogP contribution in [0.25, 0.3) is 0 Å². The molecule has 23 heavy (non-hydrogen) atoms. The Labute approximate surface area is 174 Å². The van der Waals surface area contributed by atoms with Gasteiger partial charge >= 0.3 is 0 Å². The number of fused-ring (bicyclic) bond motifs is 1. The first-order valence-corrected chi connectivity index (χ1v) is 9.87. The van der Waals surface area contributed by atoms with Gasteiger partial charge in [0, 0.05) is 27.9 Å². The number of imide groups is 1. The van der Waals surface area contributed by atoms with Gasteiger partial charge in [-0.25, -0.2) is 4.90 Å². The smallest absolute Gasteiger partial charge is 0.267 e. The number of carbonyl (C=O) groups excluding carboxylic acids is 2. The topological polar surface area (TPSA) is 37.4 Å². The lowest BCUT2D eigenvalue weighted by Gasteiger charge is -2.14. The largest absolute Gasteiger partial charge is 0.268 e. The molecule has 9 heteroatoms. The van der Waals surface area contributed by atoms with E-state index in [1.165, 1.54) is 18.2 Å². The molecule has 0 saturated carbocycles. The van der Waals surface area contributed by atoms with Gasteiger partial charge in [-0.3, -0.25) is 9.59 Å². The van der Waals surface area contributed by atoms with Crippen LogP contribution in [0.4, 0.5) is 5.69 Å². The van der Waals surface area contributed by atoms with Crippen molar-refractivity contribution >= 4 is 104 Å². The Hall–Kier alpha value is 0.0800.